The van der Waals surface area contributed by atoms with E-state index < -0.39 is 0 Å². The molecule has 0 spiro atoms. The Morgan fingerprint density at radius 2 is 1.44 bits per heavy atom. The predicted octanol–water partition coefficient (Wildman–Crippen LogP) is 2.01. The Morgan fingerprint density at radius 1 is 1.00 bits per heavy atom. The van der Waals surface area contributed by atoms with Crippen molar-refractivity contribution in [1.29, 1.82) is 0 Å². The molecule has 0 saturated carbocycles. The zero-order valence-electron chi connectivity index (χ0n) is 5.68. The third-order valence-corrected chi connectivity index (χ3v) is 1.21. The Labute approximate surface area is 55.0 Å². The predicted molar refractivity (Wildman–Crippen MR) is 37.6 cm³/mol. The highest BCUT2D eigenvalue weighted by molar-refractivity contribution is 5.31. The van der Waals surface area contributed by atoms with Gasteiger partial charge in [-0.1, -0.05) is 6.07 Å². The van der Waals surface area contributed by atoms with Crippen LogP contribution in [0.3, 0.4) is 0 Å². The van der Waals surface area contributed by atoms with E-state index in [1.165, 1.54) is 0 Å². The second-order valence-corrected chi connectivity index (χ2v) is 2.35. The fraction of sp³-hybridized carbons (Fsp3) is 0.250. The molecule has 9 heavy (non-hydrogen) atoms. The normalized spacial score (nSPS) is 9.56. The minimum absolute atomic E-state index is 0.354. The first-order chi connectivity index (χ1) is 4.18. The molecule has 0 atom stereocenters. The molecule has 0 aliphatic carbocycles. The number of phenols is 1. The summed E-state index contributed by atoms with van der Waals surface area (Å²) in [5.41, 5.74) is 2.21. The Morgan fingerprint density at radius 3 is 1.78 bits per heavy atom. The SMILES string of the molecule is [13CH3][13c]1[13cH][13c]([13CH3])[13cH][13c](O)[13cH]1. The molecular weight excluding hydrogens is 120 g/mol. The standard InChI is InChI=1S/C8H10O/c1-6-3-7(2)5-8(9)4-6/h3-5,9H,1-2H3/i1+1,2+1,3+1,4+1,5+1,6+1,7+1,8+1. The number of aryl methyl sites for hydroxylation is 2. The maximum atomic E-state index is 8.99. The average Bonchev–Trinajstić information content (AvgIpc) is 1.59. The van der Waals surface area contributed by atoms with Crippen LogP contribution >= 0.6 is 0 Å². The third-order valence-electron chi connectivity index (χ3n) is 1.21. The van der Waals surface area contributed by atoms with Crippen LogP contribution in [-0.4, -0.2) is 5.11 Å². The highest BCUT2D eigenvalue weighted by Gasteiger charge is 1.89. The molecule has 1 N–H and O–H groups in total. The topological polar surface area (TPSA) is 20.2 Å². The van der Waals surface area contributed by atoms with Gasteiger partial charge in [-0.3, -0.25) is 0 Å². The maximum Gasteiger partial charge on any atom is 0.116 e. The van der Waals surface area contributed by atoms with Crippen LogP contribution in [0, 0.1) is 13.8 Å². The van der Waals surface area contributed by atoms with Gasteiger partial charge in [0.25, 0.3) is 0 Å². The van der Waals surface area contributed by atoms with E-state index in [-0.39, 0.29) is 0 Å². The zero-order valence-corrected chi connectivity index (χ0v) is 5.68. The molecule has 0 aliphatic rings. The van der Waals surface area contributed by atoms with E-state index in [1.807, 2.05) is 19.9 Å². The quantitative estimate of drug-likeness (QED) is 0.532. The van der Waals surface area contributed by atoms with E-state index >= 15 is 0 Å². The van der Waals surface area contributed by atoms with Crippen LogP contribution in [0.25, 0.3) is 0 Å². The van der Waals surface area contributed by atoms with Gasteiger partial charge in [0.15, 0.2) is 0 Å². The van der Waals surface area contributed by atoms with E-state index in [2.05, 4.69) is 0 Å². The van der Waals surface area contributed by atoms with E-state index in [4.69, 9.17) is 5.11 Å². The lowest BCUT2D eigenvalue weighted by Gasteiger charge is -1.95. The summed E-state index contributed by atoms with van der Waals surface area (Å²) in [5, 5.41) is 8.99. The van der Waals surface area contributed by atoms with Crippen molar-refractivity contribution in [3.63, 3.8) is 0 Å². The van der Waals surface area contributed by atoms with Crippen molar-refractivity contribution in [1.82, 2.24) is 0 Å². The molecule has 0 aromatic heterocycles. The van der Waals surface area contributed by atoms with Gasteiger partial charge in [0.1, 0.15) is 5.75 Å². The molecule has 0 bridgehead atoms. The lowest BCUT2D eigenvalue weighted by molar-refractivity contribution is 0.474. The Balaban J connectivity index is 3.17. The zero-order chi connectivity index (χ0) is 6.85. The molecule has 0 aliphatic heterocycles. The summed E-state index contributed by atoms with van der Waals surface area (Å²) in [7, 11) is 0. The van der Waals surface area contributed by atoms with Crippen molar-refractivity contribution >= 4 is 0 Å². The first kappa shape index (κ1) is 6.14. The van der Waals surface area contributed by atoms with Gasteiger partial charge >= 0.3 is 0 Å². The van der Waals surface area contributed by atoms with Crippen molar-refractivity contribution in [2.75, 3.05) is 0 Å². The summed E-state index contributed by atoms with van der Waals surface area (Å²) < 4.78 is 0. The minimum Gasteiger partial charge on any atom is -0.508 e. The lowest BCUT2D eigenvalue weighted by Crippen LogP contribution is -1.74. The highest BCUT2D eigenvalue weighted by Crippen LogP contribution is 2.13. The van der Waals surface area contributed by atoms with Gasteiger partial charge in [0, 0.05) is 0 Å². The number of phenolic OH excluding ortho intramolecular Hbond substituents is 1. The highest BCUT2D eigenvalue weighted by atomic mass is 16.3. The van der Waals surface area contributed by atoms with Gasteiger partial charge in [-0.2, -0.15) is 0 Å². The summed E-state index contributed by atoms with van der Waals surface area (Å²) in [4.78, 5) is 0. The number of aromatic hydroxyl groups is 1. The van der Waals surface area contributed by atoms with Crippen LogP contribution in [0.2, 0.25) is 0 Å². The smallest absolute Gasteiger partial charge is 0.116 e. The van der Waals surface area contributed by atoms with Crippen molar-refractivity contribution in [2.24, 2.45) is 0 Å². The van der Waals surface area contributed by atoms with Gasteiger partial charge in [0.05, 0.1) is 0 Å². The molecule has 0 fully saturated rings. The first-order valence-electron chi connectivity index (χ1n) is 2.96. The first-order valence-corrected chi connectivity index (χ1v) is 2.96. The molecule has 1 aromatic carbocycles. The van der Waals surface area contributed by atoms with Crippen molar-refractivity contribution in [3.8, 4) is 5.75 Å². The second-order valence-electron chi connectivity index (χ2n) is 2.35. The summed E-state index contributed by atoms with van der Waals surface area (Å²) in [6.45, 7) is 3.93. The summed E-state index contributed by atoms with van der Waals surface area (Å²) in [6, 6.07) is 5.51. The lowest BCUT2D eigenvalue weighted by atomic mass is 11.1. The van der Waals surface area contributed by atoms with Gasteiger partial charge in [-0.25, -0.2) is 0 Å². The van der Waals surface area contributed by atoms with Crippen molar-refractivity contribution in [2.45, 2.75) is 13.8 Å². The number of hydrogen-bond acceptors (Lipinski definition) is 1. The molecule has 1 aromatic rings. The average molecular weight is 130 g/mol. The van der Waals surface area contributed by atoms with E-state index in [0.29, 0.717) is 5.75 Å². The largest absolute Gasteiger partial charge is 0.508 e. The molecular formula is C8H10O. The minimum atomic E-state index is 0.354. The Hall–Kier alpha value is -0.980. The molecule has 1 rings (SSSR count). The van der Waals surface area contributed by atoms with E-state index in [1.54, 1.807) is 12.1 Å². The fourth-order valence-electron chi connectivity index (χ4n) is 0.951. The monoisotopic (exact) mass is 130 g/mol. The van der Waals surface area contributed by atoms with Gasteiger partial charge in [0.2, 0.25) is 0 Å². The van der Waals surface area contributed by atoms with Crippen LogP contribution in [-0.2, 0) is 0 Å². The molecule has 0 heterocycles. The maximum absolute atomic E-state index is 8.99. The Kier molecular flexibility index (Phi) is 1.43. The van der Waals surface area contributed by atoms with Gasteiger partial charge < -0.3 is 5.11 Å². The van der Waals surface area contributed by atoms with Crippen LogP contribution in [0.5, 0.6) is 5.75 Å². The molecule has 0 unspecified atom stereocenters. The number of hydrogen-bond donors (Lipinski definition) is 1. The molecule has 48 valence electrons. The molecule has 0 amide bonds. The Bertz CT molecular complexity index is 165. The van der Waals surface area contributed by atoms with Crippen LogP contribution in [0.4, 0.5) is 0 Å². The number of benzene rings is 1. The van der Waals surface area contributed by atoms with Crippen LogP contribution in [0.15, 0.2) is 18.2 Å². The van der Waals surface area contributed by atoms with E-state index in [0.717, 1.165) is 11.1 Å². The van der Waals surface area contributed by atoms with Gasteiger partial charge in [-0.05, 0) is 37.1 Å². The fourth-order valence-corrected chi connectivity index (χ4v) is 0.951. The van der Waals surface area contributed by atoms with Crippen LogP contribution < -0.4 is 0 Å². The van der Waals surface area contributed by atoms with Gasteiger partial charge in [-0.15, -0.1) is 0 Å². The number of rotatable bonds is 0. The molecule has 1 heteroatoms. The molecule has 1 nitrogen and oxygen atoms in total. The summed E-state index contributed by atoms with van der Waals surface area (Å²) in [6.07, 6.45) is 0. The summed E-state index contributed by atoms with van der Waals surface area (Å²) in [5.74, 6) is 0.354. The second kappa shape index (κ2) is 2.09. The third kappa shape index (κ3) is 1.46. The molecule has 0 radical (unpaired) electrons. The summed E-state index contributed by atoms with van der Waals surface area (Å²) >= 11 is 0. The van der Waals surface area contributed by atoms with Crippen LogP contribution in [0.1, 0.15) is 11.1 Å². The molecule has 0 saturated heterocycles. The van der Waals surface area contributed by atoms with Crippen molar-refractivity contribution in [3.05, 3.63) is 29.3 Å². The van der Waals surface area contributed by atoms with Crippen molar-refractivity contribution < 1.29 is 5.11 Å². The van der Waals surface area contributed by atoms with E-state index in [9.17, 15) is 0 Å².